The molecule has 0 N–H and O–H groups in total. The van der Waals surface area contributed by atoms with Crippen LogP contribution in [0.1, 0.15) is 21.7 Å². The second kappa shape index (κ2) is 6.12. The first-order valence-electron chi connectivity index (χ1n) is 7.07. The summed E-state index contributed by atoms with van der Waals surface area (Å²) in [6.45, 7) is 1.85. The van der Waals surface area contributed by atoms with Gasteiger partial charge in [-0.3, -0.25) is 0 Å². The fourth-order valence-corrected chi connectivity index (χ4v) is 2.32. The Labute approximate surface area is 132 Å². The van der Waals surface area contributed by atoms with Crippen molar-refractivity contribution < 1.29 is 23.1 Å². The molecule has 0 fully saturated rings. The van der Waals surface area contributed by atoms with Gasteiger partial charge in [-0.1, -0.05) is 12.1 Å². The monoisotopic (exact) mass is 314 g/mol. The smallest absolute Gasteiger partial charge is 0.374 e. The van der Waals surface area contributed by atoms with Gasteiger partial charge >= 0.3 is 5.97 Å². The van der Waals surface area contributed by atoms with Crippen molar-refractivity contribution >= 4 is 16.9 Å². The lowest BCUT2D eigenvalue weighted by Gasteiger charge is -2.03. The first kappa shape index (κ1) is 15.1. The van der Waals surface area contributed by atoms with E-state index in [1.165, 1.54) is 12.1 Å². The van der Waals surface area contributed by atoms with Crippen molar-refractivity contribution in [3.05, 3.63) is 65.2 Å². The number of halogens is 1. The van der Waals surface area contributed by atoms with Crippen LogP contribution < -0.4 is 4.74 Å². The van der Waals surface area contributed by atoms with E-state index in [2.05, 4.69) is 0 Å². The number of fused-ring (bicyclic) bond motifs is 1. The number of carbonyl (C=O) groups is 1. The van der Waals surface area contributed by atoms with Crippen LogP contribution in [0.3, 0.4) is 0 Å². The second-order valence-corrected chi connectivity index (χ2v) is 5.12. The Hall–Kier alpha value is -2.82. The van der Waals surface area contributed by atoms with E-state index in [0.29, 0.717) is 22.5 Å². The Kier molecular flexibility index (Phi) is 4.02. The molecule has 0 radical (unpaired) electrons. The SMILES string of the molecule is COc1ccc2oc(C(=O)OCc3ccc(F)cc3)c(C)c2c1. The number of methoxy groups -OCH3 is 1. The minimum atomic E-state index is -0.554. The van der Waals surface area contributed by atoms with Gasteiger partial charge in [-0.25, -0.2) is 9.18 Å². The van der Waals surface area contributed by atoms with Gasteiger partial charge in [-0.15, -0.1) is 0 Å². The zero-order valence-electron chi connectivity index (χ0n) is 12.8. The van der Waals surface area contributed by atoms with Gasteiger partial charge in [-0.2, -0.15) is 0 Å². The van der Waals surface area contributed by atoms with Crippen LogP contribution in [0.15, 0.2) is 46.9 Å². The molecule has 5 heteroatoms. The summed E-state index contributed by atoms with van der Waals surface area (Å²) in [5, 5.41) is 0.804. The molecule has 0 bridgehead atoms. The minimum absolute atomic E-state index is 0.0545. The van der Waals surface area contributed by atoms with Crippen LogP contribution in [0.4, 0.5) is 4.39 Å². The van der Waals surface area contributed by atoms with Gasteiger partial charge in [0, 0.05) is 10.9 Å². The normalized spacial score (nSPS) is 10.7. The summed E-state index contributed by atoms with van der Waals surface area (Å²) < 4.78 is 28.8. The van der Waals surface area contributed by atoms with E-state index >= 15 is 0 Å². The van der Waals surface area contributed by atoms with E-state index in [4.69, 9.17) is 13.9 Å². The molecule has 118 valence electrons. The average molecular weight is 314 g/mol. The first-order valence-corrected chi connectivity index (χ1v) is 7.07. The predicted octanol–water partition coefficient (Wildman–Crippen LogP) is 4.25. The van der Waals surface area contributed by atoms with Gasteiger partial charge in [0.2, 0.25) is 5.76 Å². The third kappa shape index (κ3) is 3.04. The molecule has 0 saturated heterocycles. The number of aryl methyl sites for hydroxylation is 1. The fourth-order valence-electron chi connectivity index (χ4n) is 2.32. The van der Waals surface area contributed by atoms with E-state index in [9.17, 15) is 9.18 Å². The van der Waals surface area contributed by atoms with Crippen LogP contribution in [-0.2, 0) is 11.3 Å². The molecule has 23 heavy (non-hydrogen) atoms. The van der Waals surface area contributed by atoms with Crippen LogP contribution in [0.25, 0.3) is 11.0 Å². The molecule has 1 heterocycles. The number of hydrogen-bond donors (Lipinski definition) is 0. The summed E-state index contributed by atoms with van der Waals surface area (Å²) in [5.74, 6) is -0.0351. The van der Waals surface area contributed by atoms with Gasteiger partial charge in [0.25, 0.3) is 0 Å². The Morgan fingerprint density at radius 1 is 1.17 bits per heavy atom. The topological polar surface area (TPSA) is 48.7 Å². The largest absolute Gasteiger partial charge is 0.497 e. The molecular formula is C18H15FO4. The lowest BCUT2D eigenvalue weighted by atomic mass is 10.1. The van der Waals surface area contributed by atoms with Crippen molar-refractivity contribution in [1.82, 2.24) is 0 Å². The van der Waals surface area contributed by atoms with E-state index < -0.39 is 5.97 Å². The van der Waals surface area contributed by atoms with Crippen molar-refractivity contribution in [1.29, 1.82) is 0 Å². The Morgan fingerprint density at radius 3 is 2.61 bits per heavy atom. The number of carbonyl (C=O) groups excluding carboxylic acids is 1. The highest BCUT2D eigenvalue weighted by atomic mass is 19.1. The lowest BCUT2D eigenvalue weighted by molar-refractivity contribution is 0.0437. The third-order valence-corrected chi connectivity index (χ3v) is 3.61. The average Bonchev–Trinajstić information content (AvgIpc) is 2.90. The second-order valence-electron chi connectivity index (χ2n) is 5.12. The van der Waals surface area contributed by atoms with Crippen molar-refractivity contribution in [3.63, 3.8) is 0 Å². The summed E-state index contributed by atoms with van der Waals surface area (Å²) in [4.78, 5) is 12.2. The van der Waals surface area contributed by atoms with Crippen LogP contribution >= 0.6 is 0 Å². The molecule has 0 saturated carbocycles. The van der Waals surface area contributed by atoms with Crippen molar-refractivity contribution in [2.24, 2.45) is 0 Å². The van der Waals surface area contributed by atoms with Crippen molar-refractivity contribution in [3.8, 4) is 5.75 Å². The maximum Gasteiger partial charge on any atom is 0.374 e. The summed E-state index contributed by atoms with van der Waals surface area (Å²) in [6.07, 6.45) is 0. The zero-order chi connectivity index (χ0) is 16.4. The quantitative estimate of drug-likeness (QED) is 0.676. The number of ether oxygens (including phenoxy) is 2. The van der Waals surface area contributed by atoms with Crippen molar-refractivity contribution in [2.75, 3.05) is 7.11 Å². The number of rotatable bonds is 4. The van der Waals surface area contributed by atoms with Crippen LogP contribution in [0.5, 0.6) is 5.75 Å². The van der Waals surface area contributed by atoms with Gasteiger partial charge < -0.3 is 13.9 Å². The molecule has 3 aromatic rings. The van der Waals surface area contributed by atoms with Crippen LogP contribution in [0.2, 0.25) is 0 Å². The van der Waals surface area contributed by atoms with Crippen LogP contribution in [-0.4, -0.2) is 13.1 Å². The first-order chi connectivity index (χ1) is 11.1. The molecule has 0 spiro atoms. The van der Waals surface area contributed by atoms with E-state index in [1.54, 1.807) is 38.3 Å². The molecule has 2 aromatic carbocycles. The highest BCUT2D eigenvalue weighted by Gasteiger charge is 2.19. The molecule has 0 aliphatic heterocycles. The number of hydrogen-bond acceptors (Lipinski definition) is 4. The van der Waals surface area contributed by atoms with E-state index in [1.807, 2.05) is 6.07 Å². The summed E-state index contributed by atoms with van der Waals surface area (Å²) in [6, 6.07) is 11.1. The maximum absolute atomic E-state index is 12.9. The Bertz CT molecular complexity index is 849. The Morgan fingerprint density at radius 2 is 1.91 bits per heavy atom. The molecule has 0 amide bonds. The Balaban J connectivity index is 1.80. The summed E-state index contributed by atoms with van der Waals surface area (Å²) >= 11 is 0. The number of benzene rings is 2. The summed E-state index contributed by atoms with van der Waals surface area (Å²) in [7, 11) is 1.58. The van der Waals surface area contributed by atoms with Crippen molar-refractivity contribution in [2.45, 2.75) is 13.5 Å². The zero-order valence-corrected chi connectivity index (χ0v) is 12.8. The highest BCUT2D eigenvalue weighted by Crippen LogP contribution is 2.29. The molecule has 3 rings (SSSR count). The van der Waals surface area contributed by atoms with Gasteiger partial charge in [-0.05, 0) is 42.8 Å². The molecule has 1 aromatic heterocycles. The molecule has 0 unspecified atom stereocenters. The van der Waals surface area contributed by atoms with Crippen LogP contribution in [0, 0.1) is 12.7 Å². The predicted molar refractivity (Wildman–Crippen MR) is 83.0 cm³/mol. The molecule has 0 atom stereocenters. The summed E-state index contributed by atoms with van der Waals surface area (Å²) in [5.41, 5.74) is 2.00. The van der Waals surface area contributed by atoms with E-state index in [-0.39, 0.29) is 18.2 Å². The van der Waals surface area contributed by atoms with Gasteiger partial charge in [0.05, 0.1) is 7.11 Å². The maximum atomic E-state index is 12.9. The van der Waals surface area contributed by atoms with Gasteiger partial charge in [0.15, 0.2) is 0 Å². The fraction of sp³-hybridized carbons (Fsp3) is 0.167. The molecule has 4 nitrogen and oxygen atoms in total. The lowest BCUT2D eigenvalue weighted by Crippen LogP contribution is -2.05. The molecule has 0 aliphatic rings. The van der Waals surface area contributed by atoms with E-state index in [0.717, 1.165) is 5.39 Å². The molecule has 0 aliphatic carbocycles. The third-order valence-electron chi connectivity index (χ3n) is 3.61. The highest BCUT2D eigenvalue weighted by molar-refractivity contribution is 5.96. The molecular weight excluding hydrogens is 299 g/mol. The van der Waals surface area contributed by atoms with Gasteiger partial charge in [0.1, 0.15) is 23.8 Å². The number of esters is 1. The minimum Gasteiger partial charge on any atom is -0.497 e. The number of furan rings is 1. The standard InChI is InChI=1S/C18H15FO4/c1-11-15-9-14(21-2)7-8-16(15)23-17(11)18(20)22-10-12-3-5-13(19)6-4-12/h3-9H,10H2,1-2H3.